The van der Waals surface area contributed by atoms with Crippen molar-refractivity contribution in [3.63, 3.8) is 0 Å². The molecule has 4 rings (SSSR count). The van der Waals surface area contributed by atoms with Gasteiger partial charge in [0.05, 0.1) is 12.0 Å². The number of carbonyl (C=O) groups excluding carboxylic acids is 2. The lowest BCUT2D eigenvalue weighted by Gasteiger charge is -2.37. The number of carbonyl (C=O) groups is 2. The molecule has 0 aliphatic carbocycles. The number of benzene rings is 2. The lowest BCUT2D eigenvalue weighted by Crippen LogP contribution is -2.54. The van der Waals surface area contributed by atoms with Crippen molar-refractivity contribution < 1.29 is 32.2 Å². The Kier molecular flexibility index (Phi) is 8.23. The van der Waals surface area contributed by atoms with Crippen molar-refractivity contribution in [2.75, 3.05) is 40.1 Å². The molecule has 11 heteroatoms. The van der Waals surface area contributed by atoms with Crippen LogP contribution >= 0.6 is 0 Å². The maximum Gasteiger partial charge on any atom is 0.252 e. The number of ether oxygens (including phenoxy) is 3. The minimum Gasteiger partial charge on any atom is -0.497 e. The molecule has 10 nitrogen and oxygen atoms in total. The summed E-state index contributed by atoms with van der Waals surface area (Å²) < 4.78 is 43.6. The number of methoxy groups -OCH3 is 1. The van der Waals surface area contributed by atoms with Crippen LogP contribution in [-0.4, -0.2) is 75.6 Å². The van der Waals surface area contributed by atoms with Gasteiger partial charge < -0.3 is 24.4 Å². The molecule has 1 fully saturated rings. The molecule has 0 radical (unpaired) electrons. The van der Waals surface area contributed by atoms with Gasteiger partial charge in [0.2, 0.25) is 22.7 Å². The van der Waals surface area contributed by atoms with Crippen LogP contribution in [0, 0.1) is 5.92 Å². The monoisotopic (exact) mass is 531 g/mol. The molecule has 0 bridgehead atoms. The fourth-order valence-corrected chi connectivity index (χ4v) is 6.19. The summed E-state index contributed by atoms with van der Waals surface area (Å²) in [7, 11) is -2.16. The van der Waals surface area contributed by atoms with E-state index < -0.39 is 22.0 Å². The Morgan fingerprint density at radius 2 is 1.70 bits per heavy atom. The quantitative estimate of drug-likeness (QED) is 0.529. The van der Waals surface area contributed by atoms with Gasteiger partial charge in [0.1, 0.15) is 11.8 Å². The van der Waals surface area contributed by atoms with Crippen molar-refractivity contribution in [1.82, 2.24) is 14.5 Å². The Morgan fingerprint density at radius 3 is 2.32 bits per heavy atom. The molecule has 37 heavy (non-hydrogen) atoms. The third kappa shape index (κ3) is 5.67. The van der Waals surface area contributed by atoms with Gasteiger partial charge in [-0.2, -0.15) is 4.31 Å². The molecular weight excluding hydrogens is 498 g/mol. The lowest BCUT2D eigenvalue weighted by atomic mass is 9.89. The van der Waals surface area contributed by atoms with Crippen LogP contribution in [0.1, 0.15) is 37.0 Å². The Hall–Kier alpha value is -3.31. The number of likely N-dealkylation sites (N-methyl/N-ethyl adjacent to an activating group) is 1. The van der Waals surface area contributed by atoms with Crippen LogP contribution in [0.4, 0.5) is 0 Å². The number of sulfonamides is 1. The number of hydrogen-bond donors (Lipinski definition) is 1. The van der Waals surface area contributed by atoms with Gasteiger partial charge in [-0.1, -0.05) is 0 Å². The first-order valence-electron chi connectivity index (χ1n) is 12.4. The highest BCUT2D eigenvalue weighted by Gasteiger charge is 2.37. The fraction of sp³-hybridized carbons (Fsp3) is 0.462. The van der Waals surface area contributed by atoms with Gasteiger partial charge in [0.15, 0.2) is 11.5 Å². The molecule has 0 aromatic heterocycles. The SMILES string of the molecule is CCN(CC)C(=O)C(NC(=O)c1ccc2c(c1)OCO2)C1CCN(S(=O)(=O)c2ccc(OC)cc2)CC1. The van der Waals surface area contributed by atoms with Gasteiger partial charge in [0.25, 0.3) is 5.91 Å². The number of rotatable bonds is 9. The molecule has 2 heterocycles. The predicted octanol–water partition coefficient (Wildman–Crippen LogP) is 2.49. The number of piperidine rings is 1. The maximum atomic E-state index is 13.4. The minimum atomic E-state index is -3.68. The molecule has 1 saturated heterocycles. The summed E-state index contributed by atoms with van der Waals surface area (Å²) in [6.07, 6.45) is 0.878. The summed E-state index contributed by atoms with van der Waals surface area (Å²) in [4.78, 5) is 28.5. The Labute approximate surface area is 217 Å². The van der Waals surface area contributed by atoms with Crippen molar-refractivity contribution in [1.29, 1.82) is 0 Å². The molecule has 2 aromatic rings. The summed E-state index contributed by atoms with van der Waals surface area (Å²) in [5.74, 6) is 0.851. The average Bonchev–Trinajstić information content (AvgIpc) is 3.40. The van der Waals surface area contributed by atoms with Crippen LogP contribution in [0.15, 0.2) is 47.4 Å². The van der Waals surface area contributed by atoms with E-state index in [1.54, 1.807) is 35.2 Å². The van der Waals surface area contributed by atoms with Gasteiger partial charge in [0, 0.05) is 31.7 Å². The van der Waals surface area contributed by atoms with Crippen LogP contribution in [0.25, 0.3) is 0 Å². The molecule has 1 N–H and O–H groups in total. The Morgan fingerprint density at radius 1 is 1.05 bits per heavy atom. The second-order valence-electron chi connectivity index (χ2n) is 8.95. The second-order valence-corrected chi connectivity index (χ2v) is 10.9. The van der Waals surface area contributed by atoms with Crippen LogP contribution in [0.3, 0.4) is 0 Å². The Bertz CT molecular complexity index is 1220. The van der Waals surface area contributed by atoms with E-state index in [2.05, 4.69) is 5.32 Å². The van der Waals surface area contributed by atoms with Crippen molar-refractivity contribution in [3.05, 3.63) is 48.0 Å². The van der Waals surface area contributed by atoms with E-state index in [1.165, 1.54) is 23.5 Å². The fourth-order valence-electron chi connectivity index (χ4n) is 4.72. The first kappa shape index (κ1) is 26.7. The molecule has 0 saturated carbocycles. The van der Waals surface area contributed by atoms with Gasteiger partial charge in [-0.25, -0.2) is 8.42 Å². The van der Waals surface area contributed by atoms with Crippen molar-refractivity contribution in [2.45, 2.75) is 37.6 Å². The molecular formula is C26H33N3O7S. The number of amides is 2. The minimum absolute atomic E-state index is 0.0987. The van der Waals surface area contributed by atoms with Crippen LogP contribution in [-0.2, 0) is 14.8 Å². The van der Waals surface area contributed by atoms with Crippen LogP contribution in [0.5, 0.6) is 17.2 Å². The van der Waals surface area contributed by atoms with Crippen molar-refractivity contribution in [3.8, 4) is 17.2 Å². The highest BCUT2D eigenvalue weighted by Crippen LogP contribution is 2.33. The largest absolute Gasteiger partial charge is 0.497 e. The summed E-state index contributed by atoms with van der Waals surface area (Å²) in [6.45, 7) is 5.40. The first-order valence-corrected chi connectivity index (χ1v) is 13.9. The Balaban J connectivity index is 1.49. The van der Waals surface area contributed by atoms with Gasteiger partial charge in [-0.15, -0.1) is 0 Å². The number of nitrogens with zero attached hydrogens (tertiary/aromatic N) is 2. The highest BCUT2D eigenvalue weighted by molar-refractivity contribution is 7.89. The van der Waals surface area contributed by atoms with E-state index in [-0.39, 0.29) is 36.6 Å². The van der Waals surface area contributed by atoms with Crippen molar-refractivity contribution in [2.24, 2.45) is 5.92 Å². The first-order chi connectivity index (χ1) is 17.8. The molecule has 2 aliphatic rings. The van der Waals surface area contributed by atoms with E-state index in [1.807, 2.05) is 13.8 Å². The maximum absolute atomic E-state index is 13.4. The molecule has 1 unspecified atom stereocenters. The topological polar surface area (TPSA) is 114 Å². The second kappa shape index (κ2) is 11.4. The molecule has 0 spiro atoms. The summed E-state index contributed by atoms with van der Waals surface area (Å²) in [5, 5.41) is 2.93. The molecule has 1 atom stereocenters. The van der Waals surface area contributed by atoms with Gasteiger partial charge in [-0.05, 0) is 75.1 Å². The standard InChI is InChI=1S/C26H33N3O7S/c1-4-28(5-2)26(31)24(27-25(30)19-6-11-22-23(16-19)36-17-35-22)18-12-14-29(15-13-18)37(32,33)21-9-7-20(34-3)8-10-21/h6-11,16,18,24H,4-5,12-15,17H2,1-3H3,(H,27,30). The van der Waals surface area contributed by atoms with E-state index in [0.717, 1.165) is 0 Å². The summed E-state index contributed by atoms with van der Waals surface area (Å²) in [5.41, 5.74) is 0.362. The van der Waals surface area contributed by atoms with E-state index >= 15 is 0 Å². The highest BCUT2D eigenvalue weighted by atomic mass is 32.2. The third-order valence-electron chi connectivity index (χ3n) is 6.93. The normalized spacial score (nSPS) is 16.7. The number of nitrogens with one attached hydrogen (secondary N) is 1. The molecule has 2 amide bonds. The predicted molar refractivity (Wildman–Crippen MR) is 136 cm³/mol. The van der Waals surface area contributed by atoms with E-state index in [4.69, 9.17) is 14.2 Å². The lowest BCUT2D eigenvalue weighted by molar-refractivity contribution is -0.134. The van der Waals surface area contributed by atoms with Crippen LogP contribution in [0.2, 0.25) is 0 Å². The van der Waals surface area contributed by atoms with E-state index in [9.17, 15) is 18.0 Å². The molecule has 200 valence electrons. The van der Waals surface area contributed by atoms with Crippen molar-refractivity contribution >= 4 is 21.8 Å². The third-order valence-corrected chi connectivity index (χ3v) is 8.84. The average molecular weight is 532 g/mol. The number of hydrogen-bond acceptors (Lipinski definition) is 7. The molecule has 2 aromatic carbocycles. The zero-order valence-corrected chi connectivity index (χ0v) is 22.1. The summed E-state index contributed by atoms with van der Waals surface area (Å²) in [6, 6.07) is 10.4. The molecule has 2 aliphatic heterocycles. The van der Waals surface area contributed by atoms with E-state index in [0.29, 0.717) is 48.7 Å². The zero-order valence-electron chi connectivity index (χ0n) is 21.3. The van der Waals surface area contributed by atoms with Crippen LogP contribution < -0.4 is 19.5 Å². The van der Waals surface area contributed by atoms with Gasteiger partial charge in [-0.3, -0.25) is 9.59 Å². The smallest absolute Gasteiger partial charge is 0.252 e. The van der Waals surface area contributed by atoms with Gasteiger partial charge >= 0.3 is 0 Å². The summed E-state index contributed by atoms with van der Waals surface area (Å²) >= 11 is 0. The zero-order chi connectivity index (χ0) is 26.6. The number of fused-ring (bicyclic) bond motifs is 1.